The minimum absolute atomic E-state index is 0.0588. The molecule has 3 aromatic carbocycles. The molecule has 1 atom stereocenters. The minimum atomic E-state index is -3.85. The SMILES string of the molecule is COc1cccc(CN(C(=O)CN(c2ccc(Cl)cc2)S(C)(=O)=O)[C@@H](Cc2ccccc2)C(=O)NC(C)(C)C)c1. The summed E-state index contributed by atoms with van der Waals surface area (Å²) >= 11 is 6.01. The fraction of sp³-hybridized carbons (Fsp3) is 0.333. The summed E-state index contributed by atoms with van der Waals surface area (Å²) in [6, 6.07) is 21.9. The van der Waals surface area contributed by atoms with Gasteiger partial charge >= 0.3 is 0 Å². The van der Waals surface area contributed by atoms with Gasteiger partial charge in [0.2, 0.25) is 21.8 Å². The quantitative estimate of drug-likeness (QED) is 0.353. The number of amides is 2. The van der Waals surface area contributed by atoms with Gasteiger partial charge in [0.05, 0.1) is 19.1 Å². The molecule has 0 saturated carbocycles. The van der Waals surface area contributed by atoms with E-state index in [0.717, 1.165) is 21.7 Å². The van der Waals surface area contributed by atoms with Gasteiger partial charge in [0, 0.05) is 23.5 Å². The maximum absolute atomic E-state index is 14.1. The highest BCUT2D eigenvalue weighted by Crippen LogP contribution is 2.23. The molecule has 2 amide bonds. The lowest BCUT2D eigenvalue weighted by molar-refractivity contribution is -0.140. The first-order chi connectivity index (χ1) is 18.8. The summed E-state index contributed by atoms with van der Waals surface area (Å²) in [6.45, 7) is 5.15. The van der Waals surface area contributed by atoms with Crippen LogP contribution in [0.3, 0.4) is 0 Å². The van der Waals surface area contributed by atoms with Gasteiger partial charge in [-0.2, -0.15) is 0 Å². The number of nitrogens with zero attached hydrogens (tertiary/aromatic N) is 2. The third kappa shape index (κ3) is 8.99. The Morgan fingerprint density at radius 1 is 0.950 bits per heavy atom. The van der Waals surface area contributed by atoms with Crippen LogP contribution in [-0.2, 0) is 32.6 Å². The fourth-order valence-electron chi connectivity index (χ4n) is 4.20. The van der Waals surface area contributed by atoms with Crippen LogP contribution in [-0.4, -0.2) is 56.6 Å². The smallest absolute Gasteiger partial charge is 0.244 e. The molecule has 0 aliphatic carbocycles. The van der Waals surface area contributed by atoms with E-state index in [0.29, 0.717) is 16.5 Å². The lowest BCUT2D eigenvalue weighted by Gasteiger charge is -2.35. The van der Waals surface area contributed by atoms with Crippen LogP contribution in [0.4, 0.5) is 5.69 Å². The van der Waals surface area contributed by atoms with E-state index in [1.54, 1.807) is 37.4 Å². The first-order valence-electron chi connectivity index (χ1n) is 12.8. The zero-order chi connectivity index (χ0) is 29.5. The number of methoxy groups -OCH3 is 1. The summed E-state index contributed by atoms with van der Waals surface area (Å²) in [5.74, 6) is -0.277. The van der Waals surface area contributed by atoms with Crippen LogP contribution < -0.4 is 14.4 Å². The van der Waals surface area contributed by atoms with Crippen LogP contribution in [0, 0.1) is 0 Å². The molecule has 0 saturated heterocycles. The number of anilines is 1. The van der Waals surface area contributed by atoms with E-state index in [4.69, 9.17) is 16.3 Å². The standard InChI is InChI=1S/C30H36ClN3O5S/c1-30(2,3)32-29(36)27(19-22-10-7-6-8-11-22)33(20-23-12-9-13-26(18-23)39-4)28(35)21-34(40(5,37)38)25-16-14-24(31)15-17-25/h6-18,27H,19-21H2,1-5H3,(H,32,36)/t27-/m0/s1. The van der Waals surface area contributed by atoms with Crippen molar-refractivity contribution in [3.63, 3.8) is 0 Å². The van der Waals surface area contributed by atoms with Crippen molar-refractivity contribution in [3.05, 3.63) is 95.0 Å². The lowest BCUT2D eigenvalue weighted by atomic mass is 10.0. The van der Waals surface area contributed by atoms with Gasteiger partial charge in [0.25, 0.3) is 0 Å². The van der Waals surface area contributed by atoms with Crippen molar-refractivity contribution in [2.24, 2.45) is 0 Å². The van der Waals surface area contributed by atoms with Crippen LogP contribution in [0.2, 0.25) is 5.02 Å². The number of benzene rings is 3. The van der Waals surface area contributed by atoms with Gasteiger partial charge in [-0.05, 0) is 68.3 Å². The van der Waals surface area contributed by atoms with E-state index in [9.17, 15) is 18.0 Å². The summed E-state index contributed by atoms with van der Waals surface area (Å²) in [5.41, 5.74) is 1.32. The molecule has 214 valence electrons. The van der Waals surface area contributed by atoms with Crippen LogP contribution >= 0.6 is 11.6 Å². The lowest BCUT2D eigenvalue weighted by Crippen LogP contribution is -2.56. The molecule has 0 spiro atoms. The molecule has 40 heavy (non-hydrogen) atoms. The largest absolute Gasteiger partial charge is 0.497 e. The maximum atomic E-state index is 14.1. The third-order valence-electron chi connectivity index (χ3n) is 6.05. The Kier molecular flexibility index (Phi) is 10.2. The molecule has 3 aromatic rings. The Morgan fingerprint density at radius 3 is 2.15 bits per heavy atom. The highest BCUT2D eigenvalue weighted by atomic mass is 35.5. The Balaban J connectivity index is 2.08. The maximum Gasteiger partial charge on any atom is 0.244 e. The predicted octanol–water partition coefficient (Wildman–Crippen LogP) is 4.67. The zero-order valence-corrected chi connectivity index (χ0v) is 25.0. The van der Waals surface area contributed by atoms with Gasteiger partial charge in [-0.1, -0.05) is 54.1 Å². The molecule has 8 nitrogen and oxygen atoms in total. The third-order valence-corrected chi connectivity index (χ3v) is 7.44. The molecule has 0 fully saturated rings. The first-order valence-corrected chi connectivity index (χ1v) is 15.0. The van der Waals surface area contributed by atoms with Crippen molar-refractivity contribution >= 4 is 39.1 Å². The fourth-order valence-corrected chi connectivity index (χ4v) is 5.17. The number of carbonyl (C=O) groups is 2. The number of rotatable bonds is 11. The monoisotopic (exact) mass is 585 g/mol. The van der Waals surface area contributed by atoms with E-state index in [2.05, 4.69) is 5.32 Å². The summed E-state index contributed by atoms with van der Waals surface area (Å²) in [5, 5.41) is 3.44. The Hall–Kier alpha value is -3.56. The van der Waals surface area contributed by atoms with Crippen LogP contribution in [0.25, 0.3) is 0 Å². The van der Waals surface area contributed by atoms with E-state index in [1.165, 1.54) is 17.0 Å². The van der Waals surface area contributed by atoms with Crippen molar-refractivity contribution in [2.45, 2.75) is 45.3 Å². The highest BCUT2D eigenvalue weighted by Gasteiger charge is 2.34. The number of ether oxygens (including phenoxy) is 1. The van der Waals surface area contributed by atoms with E-state index >= 15 is 0 Å². The van der Waals surface area contributed by atoms with Crippen molar-refractivity contribution < 1.29 is 22.7 Å². The second-order valence-corrected chi connectivity index (χ2v) is 12.9. The molecule has 0 aliphatic heterocycles. The normalized spacial score (nSPS) is 12.3. The van der Waals surface area contributed by atoms with Crippen molar-refractivity contribution in [1.82, 2.24) is 10.2 Å². The van der Waals surface area contributed by atoms with Gasteiger partial charge in [0.1, 0.15) is 18.3 Å². The van der Waals surface area contributed by atoms with E-state index in [1.807, 2.05) is 57.2 Å². The number of halogens is 1. The molecule has 0 heterocycles. The van der Waals surface area contributed by atoms with Gasteiger partial charge in [0.15, 0.2) is 0 Å². The summed E-state index contributed by atoms with van der Waals surface area (Å²) < 4.78 is 32.0. The zero-order valence-electron chi connectivity index (χ0n) is 23.4. The molecular weight excluding hydrogens is 550 g/mol. The molecule has 0 bridgehead atoms. The number of carbonyl (C=O) groups excluding carboxylic acids is 2. The van der Waals surface area contributed by atoms with E-state index < -0.39 is 34.1 Å². The summed E-state index contributed by atoms with van der Waals surface area (Å²) in [7, 11) is -2.31. The van der Waals surface area contributed by atoms with Crippen molar-refractivity contribution in [1.29, 1.82) is 0 Å². The molecule has 0 unspecified atom stereocenters. The van der Waals surface area contributed by atoms with Crippen LogP contribution in [0.15, 0.2) is 78.9 Å². The molecule has 1 N–H and O–H groups in total. The predicted molar refractivity (Wildman–Crippen MR) is 159 cm³/mol. The molecule has 10 heteroatoms. The molecule has 0 aromatic heterocycles. The first kappa shape index (κ1) is 31.0. The summed E-state index contributed by atoms with van der Waals surface area (Å²) in [4.78, 5) is 29.3. The van der Waals surface area contributed by atoms with E-state index in [-0.39, 0.29) is 18.9 Å². The number of hydrogen-bond donors (Lipinski definition) is 1. The van der Waals surface area contributed by atoms with Crippen molar-refractivity contribution in [2.75, 3.05) is 24.2 Å². The Morgan fingerprint density at radius 2 is 1.57 bits per heavy atom. The van der Waals surface area contributed by atoms with Crippen LogP contribution in [0.1, 0.15) is 31.9 Å². The van der Waals surface area contributed by atoms with Gasteiger partial charge in [-0.3, -0.25) is 13.9 Å². The number of nitrogens with one attached hydrogen (secondary N) is 1. The second-order valence-electron chi connectivity index (χ2n) is 10.6. The highest BCUT2D eigenvalue weighted by molar-refractivity contribution is 7.92. The Labute approximate surface area is 241 Å². The minimum Gasteiger partial charge on any atom is -0.497 e. The molecule has 3 rings (SSSR count). The van der Waals surface area contributed by atoms with Crippen molar-refractivity contribution in [3.8, 4) is 5.75 Å². The second kappa shape index (κ2) is 13.2. The van der Waals surface area contributed by atoms with Gasteiger partial charge in [-0.15, -0.1) is 0 Å². The average molecular weight is 586 g/mol. The molecule has 0 radical (unpaired) electrons. The molecule has 0 aliphatic rings. The average Bonchev–Trinajstić information content (AvgIpc) is 2.89. The summed E-state index contributed by atoms with van der Waals surface area (Å²) in [6.07, 6.45) is 1.27. The van der Waals surface area contributed by atoms with Gasteiger partial charge in [-0.25, -0.2) is 8.42 Å². The number of sulfonamides is 1. The Bertz CT molecular complexity index is 1410. The van der Waals surface area contributed by atoms with Crippen LogP contribution in [0.5, 0.6) is 5.75 Å². The number of hydrogen-bond acceptors (Lipinski definition) is 5. The topological polar surface area (TPSA) is 96.0 Å². The van der Waals surface area contributed by atoms with Gasteiger partial charge < -0.3 is 15.0 Å². The molecular formula is C30H36ClN3O5S.